The molecule has 1 atom stereocenters. The first-order valence-electron chi connectivity index (χ1n) is 8.81. The van der Waals surface area contributed by atoms with Crippen molar-refractivity contribution in [3.63, 3.8) is 0 Å². The summed E-state index contributed by atoms with van der Waals surface area (Å²) in [6.45, 7) is 4.93. The van der Waals surface area contributed by atoms with E-state index in [9.17, 15) is 16.8 Å². The predicted molar refractivity (Wildman–Crippen MR) is 102 cm³/mol. The van der Waals surface area contributed by atoms with Crippen molar-refractivity contribution in [2.75, 3.05) is 24.6 Å². The van der Waals surface area contributed by atoms with Crippen LogP contribution in [0.25, 0.3) is 4.83 Å². The summed E-state index contributed by atoms with van der Waals surface area (Å²) in [6.07, 6.45) is 1.67. The highest BCUT2D eigenvalue weighted by molar-refractivity contribution is 7.95. The van der Waals surface area contributed by atoms with Crippen LogP contribution in [-0.2, 0) is 19.9 Å². The van der Waals surface area contributed by atoms with E-state index in [0.29, 0.717) is 13.1 Å². The highest BCUT2D eigenvalue weighted by Gasteiger charge is 2.41. The smallest absolute Gasteiger partial charge is 0.218 e. The van der Waals surface area contributed by atoms with Gasteiger partial charge < -0.3 is 0 Å². The van der Waals surface area contributed by atoms with Crippen molar-refractivity contribution >= 4 is 36.0 Å². The van der Waals surface area contributed by atoms with Gasteiger partial charge in [-0.05, 0) is 33.1 Å². The van der Waals surface area contributed by atoms with Crippen molar-refractivity contribution in [1.29, 1.82) is 0 Å². The molecule has 0 aliphatic carbocycles. The number of rotatable bonds is 3. The van der Waals surface area contributed by atoms with Crippen LogP contribution in [0.5, 0.6) is 0 Å². The number of aryl methyl sites for hydroxylation is 2. The molecule has 2 aliphatic heterocycles. The molecule has 10 heteroatoms. The van der Waals surface area contributed by atoms with Crippen molar-refractivity contribution in [1.82, 2.24) is 13.7 Å². The van der Waals surface area contributed by atoms with Gasteiger partial charge in [0.1, 0.15) is 10.7 Å². The van der Waals surface area contributed by atoms with E-state index >= 15 is 0 Å². The third kappa shape index (κ3) is 3.00. The second-order valence-corrected chi connectivity index (χ2v) is 12.6. The summed E-state index contributed by atoms with van der Waals surface area (Å²) < 4.78 is 52.5. The number of aromatic nitrogens is 2. The summed E-state index contributed by atoms with van der Waals surface area (Å²) >= 11 is 1.68. The van der Waals surface area contributed by atoms with E-state index in [1.807, 2.05) is 6.92 Å². The maximum absolute atomic E-state index is 12.8. The second kappa shape index (κ2) is 6.29. The SMILES string of the molecule is Cc1csc2c(C3CCN(S(=O)(=O)C4CCS(=O)(=O)C4)CC3)nc(C)n12. The molecule has 26 heavy (non-hydrogen) atoms. The van der Waals surface area contributed by atoms with Gasteiger partial charge in [0, 0.05) is 30.1 Å². The van der Waals surface area contributed by atoms with Crippen LogP contribution in [0.2, 0.25) is 0 Å². The van der Waals surface area contributed by atoms with E-state index in [4.69, 9.17) is 4.98 Å². The summed E-state index contributed by atoms with van der Waals surface area (Å²) in [5.41, 5.74) is 2.24. The first kappa shape index (κ1) is 18.4. The zero-order chi connectivity index (χ0) is 18.7. The standard InChI is InChI=1S/C16H23N3O4S3/c1-11-9-24-16-15(17-12(2)19(11)16)13-3-6-18(7-4-13)26(22,23)14-5-8-25(20,21)10-14/h9,13-14H,3-8,10H2,1-2H3. The molecular formula is C16H23N3O4S3. The van der Waals surface area contributed by atoms with Gasteiger partial charge in [-0.1, -0.05) is 0 Å². The summed E-state index contributed by atoms with van der Waals surface area (Å²) in [7, 11) is -6.75. The van der Waals surface area contributed by atoms with Gasteiger partial charge in [-0.3, -0.25) is 4.40 Å². The Labute approximate surface area is 158 Å². The van der Waals surface area contributed by atoms with Gasteiger partial charge in [0.05, 0.1) is 22.4 Å². The predicted octanol–water partition coefficient (Wildman–Crippen LogP) is 1.71. The molecule has 0 N–H and O–H groups in total. The highest BCUT2D eigenvalue weighted by Crippen LogP contribution is 2.35. The quantitative estimate of drug-likeness (QED) is 0.758. The molecule has 2 saturated heterocycles. The molecule has 4 heterocycles. The third-order valence-electron chi connectivity index (χ3n) is 5.53. The van der Waals surface area contributed by atoms with Crippen LogP contribution in [0.1, 0.15) is 42.4 Å². The Morgan fingerprint density at radius 2 is 1.88 bits per heavy atom. The van der Waals surface area contributed by atoms with Crippen molar-refractivity contribution in [3.8, 4) is 0 Å². The molecule has 2 aromatic rings. The average Bonchev–Trinajstić information content (AvgIpc) is 3.24. The summed E-state index contributed by atoms with van der Waals surface area (Å²) in [4.78, 5) is 5.90. The van der Waals surface area contributed by atoms with Crippen molar-refractivity contribution in [3.05, 3.63) is 22.6 Å². The van der Waals surface area contributed by atoms with Crippen molar-refractivity contribution in [2.24, 2.45) is 0 Å². The summed E-state index contributed by atoms with van der Waals surface area (Å²) in [5, 5.41) is 1.35. The fourth-order valence-corrected chi connectivity index (χ4v) is 9.77. The van der Waals surface area contributed by atoms with E-state index in [0.717, 1.165) is 29.2 Å². The zero-order valence-corrected chi connectivity index (χ0v) is 17.3. The molecule has 4 rings (SSSR count). The maximum atomic E-state index is 12.8. The summed E-state index contributed by atoms with van der Waals surface area (Å²) in [5.74, 6) is 0.970. The Kier molecular flexibility index (Phi) is 4.45. The molecule has 0 bridgehead atoms. The largest absolute Gasteiger partial charge is 0.292 e. The second-order valence-electron chi connectivity index (χ2n) is 7.31. The molecule has 2 aromatic heterocycles. The number of hydrogen-bond acceptors (Lipinski definition) is 6. The highest BCUT2D eigenvalue weighted by atomic mass is 32.2. The molecule has 2 aliphatic rings. The molecule has 2 fully saturated rings. The number of hydrogen-bond donors (Lipinski definition) is 0. The van der Waals surface area contributed by atoms with Crippen molar-refractivity contribution in [2.45, 2.75) is 44.3 Å². The van der Waals surface area contributed by atoms with E-state index in [-0.39, 0.29) is 23.8 Å². The topological polar surface area (TPSA) is 88.8 Å². The Morgan fingerprint density at radius 1 is 1.19 bits per heavy atom. The number of sulfonamides is 1. The molecule has 0 spiro atoms. The first-order chi connectivity index (χ1) is 12.2. The number of piperidine rings is 1. The van der Waals surface area contributed by atoms with Crippen molar-refractivity contribution < 1.29 is 16.8 Å². The lowest BCUT2D eigenvalue weighted by Crippen LogP contribution is -2.43. The lowest BCUT2D eigenvalue weighted by Gasteiger charge is -2.32. The minimum Gasteiger partial charge on any atom is -0.292 e. The molecule has 144 valence electrons. The molecule has 0 amide bonds. The number of fused-ring (bicyclic) bond motifs is 1. The van der Waals surface area contributed by atoms with Crippen LogP contribution in [0, 0.1) is 13.8 Å². The Morgan fingerprint density at radius 3 is 2.50 bits per heavy atom. The van der Waals surface area contributed by atoms with Crippen LogP contribution < -0.4 is 0 Å². The van der Waals surface area contributed by atoms with E-state index in [1.54, 1.807) is 11.3 Å². The monoisotopic (exact) mass is 417 g/mol. The molecule has 0 aromatic carbocycles. The summed E-state index contributed by atoms with van der Waals surface area (Å²) in [6, 6.07) is 0. The van der Waals surface area contributed by atoms with Gasteiger partial charge in [-0.15, -0.1) is 11.3 Å². The lowest BCUT2D eigenvalue weighted by atomic mass is 9.95. The third-order valence-corrected chi connectivity index (χ3v) is 10.9. The molecule has 0 radical (unpaired) electrons. The van der Waals surface area contributed by atoms with Crippen LogP contribution in [0.15, 0.2) is 5.38 Å². The van der Waals surface area contributed by atoms with Gasteiger partial charge in [0.25, 0.3) is 0 Å². The zero-order valence-electron chi connectivity index (χ0n) is 14.9. The van der Waals surface area contributed by atoms with E-state index < -0.39 is 25.1 Å². The molecule has 7 nitrogen and oxygen atoms in total. The normalized spacial score (nSPS) is 25.2. The van der Waals surface area contributed by atoms with Crippen LogP contribution >= 0.6 is 11.3 Å². The van der Waals surface area contributed by atoms with Gasteiger partial charge in [0.15, 0.2) is 9.84 Å². The van der Waals surface area contributed by atoms with Gasteiger partial charge in [0.2, 0.25) is 10.0 Å². The van der Waals surface area contributed by atoms with Gasteiger partial charge in [-0.2, -0.15) is 0 Å². The number of nitrogens with zero attached hydrogens (tertiary/aromatic N) is 3. The van der Waals surface area contributed by atoms with Crippen LogP contribution in [0.4, 0.5) is 0 Å². The number of thiazole rings is 1. The first-order valence-corrected chi connectivity index (χ1v) is 13.0. The molecule has 1 unspecified atom stereocenters. The van der Waals surface area contributed by atoms with E-state index in [2.05, 4.69) is 16.7 Å². The lowest BCUT2D eigenvalue weighted by molar-refractivity contribution is 0.315. The Hall–Kier alpha value is -0.970. The Bertz CT molecular complexity index is 1040. The Balaban J connectivity index is 1.50. The molecule has 0 saturated carbocycles. The fourth-order valence-electron chi connectivity index (χ4n) is 4.11. The van der Waals surface area contributed by atoms with E-state index in [1.165, 1.54) is 10.00 Å². The van der Waals surface area contributed by atoms with Gasteiger partial charge in [-0.25, -0.2) is 26.1 Å². The fraction of sp³-hybridized carbons (Fsp3) is 0.688. The maximum Gasteiger partial charge on any atom is 0.218 e. The molecular weight excluding hydrogens is 394 g/mol. The van der Waals surface area contributed by atoms with Crippen LogP contribution in [0.3, 0.4) is 0 Å². The number of sulfone groups is 1. The average molecular weight is 418 g/mol. The minimum absolute atomic E-state index is 0.0169. The minimum atomic E-state index is -3.54. The number of imidazole rings is 1. The van der Waals surface area contributed by atoms with Gasteiger partial charge >= 0.3 is 0 Å². The van der Waals surface area contributed by atoms with Crippen LogP contribution in [-0.4, -0.2) is 60.4 Å².